The maximum absolute atomic E-state index is 6.16. The standard InChI is InChI=1S/C18H23NO/c1-18(12-5-6-13-20-18)17(19-2)16-11-7-9-14-8-3-4-10-15(14)16/h3-4,7-11,17,19H,5-6,12-13H2,1-2H3. The van der Waals surface area contributed by atoms with Gasteiger partial charge in [-0.05, 0) is 49.6 Å². The van der Waals surface area contributed by atoms with Crippen LogP contribution in [0.3, 0.4) is 0 Å². The molecule has 1 saturated heterocycles. The minimum Gasteiger partial charge on any atom is -0.373 e. The van der Waals surface area contributed by atoms with E-state index in [0.717, 1.165) is 13.0 Å². The zero-order valence-corrected chi connectivity index (χ0v) is 12.4. The number of fused-ring (bicyclic) bond motifs is 1. The topological polar surface area (TPSA) is 21.3 Å². The summed E-state index contributed by atoms with van der Waals surface area (Å²) in [6, 6.07) is 15.4. The van der Waals surface area contributed by atoms with Crippen LogP contribution in [0.2, 0.25) is 0 Å². The molecule has 1 aliphatic heterocycles. The van der Waals surface area contributed by atoms with Crippen molar-refractivity contribution < 1.29 is 4.74 Å². The van der Waals surface area contributed by atoms with Crippen LogP contribution in [0.25, 0.3) is 10.8 Å². The van der Waals surface area contributed by atoms with Gasteiger partial charge in [-0.1, -0.05) is 42.5 Å². The highest BCUT2D eigenvalue weighted by molar-refractivity contribution is 5.86. The Morgan fingerprint density at radius 2 is 1.90 bits per heavy atom. The van der Waals surface area contributed by atoms with Crippen LogP contribution in [0.4, 0.5) is 0 Å². The zero-order valence-electron chi connectivity index (χ0n) is 12.4. The number of hydrogen-bond donors (Lipinski definition) is 1. The third-order valence-corrected chi connectivity index (χ3v) is 4.53. The van der Waals surface area contributed by atoms with Crippen LogP contribution >= 0.6 is 0 Å². The summed E-state index contributed by atoms with van der Waals surface area (Å²) in [6.07, 6.45) is 3.54. The summed E-state index contributed by atoms with van der Waals surface area (Å²) >= 11 is 0. The van der Waals surface area contributed by atoms with Gasteiger partial charge in [0.1, 0.15) is 0 Å². The highest BCUT2D eigenvalue weighted by Gasteiger charge is 2.37. The van der Waals surface area contributed by atoms with Gasteiger partial charge in [0.2, 0.25) is 0 Å². The van der Waals surface area contributed by atoms with E-state index in [9.17, 15) is 0 Å². The molecule has 0 aliphatic carbocycles. The summed E-state index contributed by atoms with van der Waals surface area (Å²) in [7, 11) is 2.04. The van der Waals surface area contributed by atoms with Gasteiger partial charge in [-0.3, -0.25) is 0 Å². The number of nitrogens with one attached hydrogen (secondary N) is 1. The summed E-state index contributed by atoms with van der Waals surface area (Å²) < 4.78 is 6.16. The third-order valence-electron chi connectivity index (χ3n) is 4.53. The molecule has 2 aromatic carbocycles. The Hall–Kier alpha value is -1.38. The number of ether oxygens (including phenoxy) is 1. The number of rotatable bonds is 3. The summed E-state index contributed by atoms with van der Waals surface area (Å²) in [5, 5.41) is 6.12. The molecule has 0 aromatic heterocycles. The lowest BCUT2D eigenvalue weighted by Crippen LogP contribution is -2.44. The molecule has 1 heterocycles. The maximum atomic E-state index is 6.16. The summed E-state index contributed by atoms with van der Waals surface area (Å²) in [5.41, 5.74) is 1.23. The summed E-state index contributed by atoms with van der Waals surface area (Å²) in [5.74, 6) is 0. The fraction of sp³-hybridized carbons (Fsp3) is 0.444. The molecule has 2 nitrogen and oxygen atoms in total. The van der Waals surface area contributed by atoms with Crippen molar-refractivity contribution in [3.8, 4) is 0 Å². The van der Waals surface area contributed by atoms with Gasteiger partial charge in [0, 0.05) is 6.61 Å². The molecule has 0 amide bonds. The van der Waals surface area contributed by atoms with Crippen molar-refractivity contribution >= 4 is 10.8 Å². The number of hydrogen-bond acceptors (Lipinski definition) is 2. The first-order valence-electron chi connectivity index (χ1n) is 7.53. The van der Waals surface area contributed by atoms with Crippen LogP contribution in [0, 0.1) is 0 Å². The molecular weight excluding hydrogens is 246 g/mol. The molecule has 0 radical (unpaired) electrons. The van der Waals surface area contributed by atoms with Crippen molar-refractivity contribution in [2.75, 3.05) is 13.7 Å². The van der Waals surface area contributed by atoms with Gasteiger partial charge < -0.3 is 10.1 Å². The predicted molar refractivity (Wildman–Crippen MR) is 84.0 cm³/mol. The first-order valence-corrected chi connectivity index (χ1v) is 7.53. The molecule has 0 spiro atoms. The molecule has 2 atom stereocenters. The highest BCUT2D eigenvalue weighted by Crippen LogP contribution is 2.38. The van der Waals surface area contributed by atoms with Gasteiger partial charge in [0.25, 0.3) is 0 Å². The van der Waals surface area contributed by atoms with Gasteiger partial charge in [-0.25, -0.2) is 0 Å². The number of likely N-dealkylation sites (N-methyl/N-ethyl adjacent to an activating group) is 1. The quantitative estimate of drug-likeness (QED) is 0.907. The summed E-state index contributed by atoms with van der Waals surface area (Å²) in [4.78, 5) is 0. The molecule has 0 bridgehead atoms. The van der Waals surface area contributed by atoms with E-state index < -0.39 is 0 Å². The van der Waals surface area contributed by atoms with E-state index in [2.05, 4.69) is 54.7 Å². The molecule has 3 rings (SSSR count). The molecule has 0 saturated carbocycles. The van der Waals surface area contributed by atoms with Crippen LogP contribution in [-0.2, 0) is 4.74 Å². The van der Waals surface area contributed by atoms with Gasteiger partial charge >= 0.3 is 0 Å². The van der Waals surface area contributed by atoms with Crippen LogP contribution in [-0.4, -0.2) is 19.3 Å². The monoisotopic (exact) mass is 269 g/mol. The molecule has 1 N–H and O–H groups in total. The summed E-state index contributed by atoms with van der Waals surface area (Å²) in [6.45, 7) is 3.12. The van der Waals surface area contributed by atoms with Crippen molar-refractivity contribution in [3.63, 3.8) is 0 Å². The normalized spacial score (nSPS) is 24.7. The SMILES string of the molecule is CNC(c1cccc2ccccc12)C1(C)CCCCO1. The lowest BCUT2D eigenvalue weighted by atomic mass is 9.82. The van der Waals surface area contributed by atoms with Crippen molar-refractivity contribution in [3.05, 3.63) is 48.0 Å². The highest BCUT2D eigenvalue weighted by atomic mass is 16.5. The Bertz CT molecular complexity index is 581. The molecule has 2 unspecified atom stereocenters. The van der Waals surface area contributed by atoms with Crippen molar-refractivity contribution in [1.29, 1.82) is 0 Å². The van der Waals surface area contributed by atoms with E-state index in [-0.39, 0.29) is 11.6 Å². The van der Waals surface area contributed by atoms with Crippen molar-refractivity contribution in [2.24, 2.45) is 0 Å². The van der Waals surface area contributed by atoms with Crippen molar-refractivity contribution in [1.82, 2.24) is 5.32 Å². The Kier molecular flexibility index (Phi) is 3.77. The lowest BCUT2D eigenvalue weighted by molar-refractivity contribution is -0.0881. The fourth-order valence-electron chi connectivity index (χ4n) is 3.48. The molecule has 2 heteroatoms. The predicted octanol–water partition coefficient (Wildman–Crippen LogP) is 4.06. The van der Waals surface area contributed by atoms with Gasteiger partial charge in [0.05, 0.1) is 11.6 Å². The van der Waals surface area contributed by atoms with E-state index in [1.54, 1.807) is 0 Å². The first-order chi connectivity index (χ1) is 9.74. The molecule has 2 aromatic rings. The maximum Gasteiger partial charge on any atom is 0.0848 e. The second-order valence-electron chi connectivity index (χ2n) is 5.91. The first kappa shape index (κ1) is 13.6. The Balaban J connectivity index is 2.07. The van der Waals surface area contributed by atoms with Gasteiger partial charge in [0.15, 0.2) is 0 Å². The van der Waals surface area contributed by atoms with Crippen LogP contribution < -0.4 is 5.32 Å². The second-order valence-corrected chi connectivity index (χ2v) is 5.91. The van der Waals surface area contributed by atoms with Gasteiger partial charge in [-0.15, -0.1) is 0 Å². The third kappa shape index (κ3) is 2.34. The Morgan fingerprint density at radius 1 is 1.10 bits per heavy atom. The molecule has 106 valence electrons. The zero-order chi connectivity index (χ0) is 14.0. The average Bonchev–Trinajstić information content (AvgIpc) is 2.49. The molecule has 1 fully saturated rings. The van der Waals surface area contributed by atoms with E-state index >= 15 is 0 Å². The fourth-order valence-corrected chi connectivity index (χ4v) is 3.48. The van der Waals surface area contributed by atoms with E-state index in [4.69, 9.17) is 4.74 Å². The minimum atomic E-state index is -0.114. The molecule has 20 heavy (non-hydrogen) atoms. The van der Waals surface area contributed by atoms with Crippen LogP contribution in [0.15, 0.2) is 42.5 Å². The smallest absolute Gasteiger partial charge is 0.0848 e. The lowest BCUT2D eigenvalue weighted by Gasteiger charge is -2.41. The van der Waals surface area contributed by atoms with E-state index in [1.165, 1.54) is 29.2 Å². The Morgan fingerprint density at radius 3 is 2.65 bits per heavy atom. The second kappa shape index (κ2) is 5.55. The average molecular weight is 269 g/mol. The minimum absolute atomic E-state index is 0.114. The molecular formula is C18H23NO. The van der Waals surface area contributed by atoms with Gasteiger partial charge in [-0.2, -0.15) is 0 Å². The Labute approximate surface area is 121 Å². The van der Waals surface area contributed by atoms with Crippen molar-refractivity contribution in [2.45, 2.75) is 37.8 Å². The van der Waals surface area contributed by atoms with E-state index in [1.807, 2.05) is 7.05 Å². The van der Waals surface area contributed by atoms with Crippen LogP contribution in [0.5, 0.6) is 0 Å². The number of benzene rings is 2. The van der Waals surface area contributed by atoms with E-state index in [0.29, 0.717) is 0 Å². The largest absolute Gasteiger partial charge is 0.373 e. The molecule has 1 aliphatic rings. The van der Waals surface area contributed by atoms with Crippen LogP contribution in [0.1, 0.15) is 37.8 Å².